The maximum Gasteiger partial charge on any atom is 2.00 e. The second-order valence-electron chi connectivity index (χ2n) is 13.1. The average Bonchev–Trinajstić information content (AvgIpc) is 3.67. The Balaban J connectivity index is 0.00000401. The van der Waals surface area contributed by atoms with Gasteiger partial charge in [-0.15, -0.1) is 41.3 Å². The number of fused-ring (bicyclic) bond motifs is 3. The normalized spacial score (nSPS) is 12.1. The number of nitrogens with zero attached hydrogens (tertiary/aromatic N) is 4. The summed E-state index contributed by atoms with van der Waals surface area (Å²) in [5.74, 6) is 3.05. The molecule has 0 spiro atoms. The summed E-state index contributed by atoms with van der Waals surface area (Å²) in [5, 5.41) is 7.03. The van der Waals surface area contributed by atoms with Crippen molar-refractivity contribution in [2.24, 2.45) is 5.92 Å². The van der Waals surface area contributed by atoms with Crippen LogP contribution in [0, 0.1) is 31.9 Å². The predicted octanol–water partition coefficient (Wildman–Crippen LogP) is 10.8. The largest absolute Gasteiger partial charge is 2.00 e. The van der Waals surface area contributed by atoms with Crippen LogP contribution in [0.25, 0.3) is 44.4 Å². The fraction of sp³-hybridized carbons (Fsp3) is 0.238. The number of pyridine rings is 1. The van der Waals surface area contributed by atoms with Gasteiger partial charge in [-0.1, -0.05) is 76.0 Å². The first-order chi connectivity index (χ1) is 22.8. The predicted molar refractivity (Wildman–Crippen MR) is 192 cm³/mol. The van der Waals surface area contributed by atoms with E-state index in [0.29, 0.717) is 23.3 Å². The molecule has 0 aliphatic carbocycles. The fourth-order valence-electron chi connectivity index (χ4n) is 6.57. The van der Waals surface area contributed by atoms with E-state index in [-0.39, 0.29) is 21.1 Å². The molecule has 0 saturated carbocycles. The number of aromatic nitrogens is 4. The summed E-state index contributed by atoms with van der Waals surface area (Å²) in [6.07, 6.45) is 7.94. The van der Waals surface area contributed by atoms with Crippen molar-refractivity contribution in [2.75, 3.05) is 0 Å². The van der Waals surface area contributed by atoms with Crippen molar-refractivity contribution in [3.8, 4) is 34.1 Å². The van der Waals surface area contributed by atoms with Gasteiger partial charge in [-0.3, -0.25) is 4.68 Å². The van der Waals surface area contributed by atoms with Crippen molar-refractivity contribution in [1.29, 1.82) is 0 Å². The molecule has 1 atom stereocenters. The summed E-state index contributed by atoms with van der Waals surface area (Å²) >= 11 is 0. The van der Waals surface area contributed by atoms with Crippen LogP contribution in [0.15, 0.2) is 97.5 Å². The molecular formula is C42H40N4OPt. The summed E-state index contributed by atoms with van der Waals surface area (Å²) in [4.78, 5) is 4.81. The van der Waals surface area contributed by atoms with Crippen LogP contribution < -0.4 is 4.74 Å². The molecule has 48 heavy (non-hydrogen) atoms. The molecule has 3 aromatic heterocycles. The first-order valence-electron chi connectivity index (χ1n) is 16.6. The summed E-state index contributed by atoms with van der Waals surface area (Å²) in [6.45, 7) is 13.2. The molecule has 0 saturated heterocycles. The molecule has 5 nitrogen and oxygen atoms in total. The number of aryl methyl sites for hydroxylation is 2. The zero-order chi connectivity index (χ0) is 32.7. The topological polar surface area (TPSA) is 44.9 Å². The second kappa shape index (κ2) is 13.9. The van der Waals surface area contributed by atoms with Crippen LogP contribution in [0.4, 0.5) is 0 Å². The van der Waals surface area contributed by atoms with Gasteiger partial charge in [-0.2, -0.15) is 11.2 Å². The van der Waals surface area contributed by atoms with Crippen molar-refractivity contribution in [2.45, 2.75) is 60.3 Å². The van der Waals surface area contributed by atoms with Gasteiger partial charge in [0.2, 0.25) is 0 Å². The number of rotatable bonds is 9. The number of benzene rings is 4. The van der Waals surface area contributed by atoms with E-state index < -0.39 is 0 Å². The third kappa shape index (κ3) is 6.49. The first kappa shape index (κ1) is 33.4. The number of ether oxygens (including phenoxy) is 1. The molecular weight excluding hydrogens is 772 g/mol. The van der Waals surface area contributed by atoms with E-state index in [0.717, 1.165) is 51.7 Å². The minimum atomic E-state index is 0. The fourth-order valence-corrected chi connectivity index (χ4v) is 6.57. The van der Waals surface area contributed by atoms with E-state index in [2.05, 4.69) is 137 Å². The van der Waals surface area contributed by atoms with Gasteiger partial charge >= 0.3 is 21.1 Å². The molecule has 7 rings (SSSR count). The molecule has 244 valence electrons. The van der Waals surface area contributed by atoms with E-state index in [4.69, 9.17) is 14.8 Å². The molecule has 0 aliphatic rings. The summed E-state index contributed by atoms with van der Waals surface area (Å²) in [5.41, 5.74) is 10.1. The second-order valence-corrected chi connectivity index (χ2v) is 13.1. The maximum atomic E-state index is 6.59. The van der Waals surface area contributed by atoms with Crippen molar-refractivity contribution in [3.63, 3.8) is 0 Å². The van der Waals surface area contributed by atoms with Crippen molar-refractivity contribution < 1.29 is 25.8 Å². The van der Waals surface area contributed by atoms with Gasteiger partial charge in [-0.05, 0) is 83.6 Å². The first-order valence-corrected chi connectivity index (χ1v) is 16.6. The monoisotopic (exact) mass is 811 g/mol. The van der Waals surface area contributed by atoms with Gasteiger partial charge in [0.1, 0.15) is 5.82 Å². The Labute approximate surface area is 297 Å². The zero-order valence-electron chi connectivity index (χ0n) is 28.3. The molecule has 0 aliphatic heterocycles. The molecule has 7 aromatic rings. The summed E-state index contributed by atoms with van der Waals surface area (Å²) in [7, 11) is 0. The Morgan fingerprint density at radius 1 is 0.833 bits per heavy atom. The molecule has 4 aromatic carbocycles. The molecule has 0 bridgehead atoms. The van der Waals surface area contributed by atoms with Gasteiger partial charge in [0.15, 0.2) is 0 Å². The number of para-hydroxylation sites is 1. The minimum Gasteiger partial charge on any atom is -0.509 e. The molecule has 0 N–H and O–H groups in total. The van der Waals surface area contributed by atoms with E-state index in [1.165, 1.54) is 27.8 Å². The third-order valence-corrected chi connectivity index (χ3v) is 9.09. The van der Waals surface area contributed by atoms with Gasteiger partial charge in [-0.25, -0.2) is 4.98 Å². The van der Waals surface area contributed by atoms with Crippen LogP contribution in [0.1, 0.15) is 62.3 Å². The maximum absolute atomic E-state index is 6.59. The molecule has 0 radical (unpaired) electrons. The minimum absolute atomic E-state index is 0. The van der Waals surface area contributed by atoms with Gasteiger partial charge < -0.3 is 9.30 Å². The van der Waals surface area contributed by atoms with E-state index >= 15 is 0 Å². The quantitative estimate of drug-likeness (QED) is 0.136. The Morgan fingerprint density at radius 2 is 1.62 bits per heavy atom. The Morgan fingerprint density at radius 3 is 2.40 bits per heavy atom. The van der Waals surface area contributed by atoms with Crippen LogP contribution >= 0.6 is 0 Å². The molecule has 0 amide bonds. The number of hydrogen-bond acceptors (Lipinski definition) is 3. The van der Waals surface area contributed by atoms with E-state index in [9.17, 15) is 0 Å². The van der Waals surface area contributed by atoms with Crippen LogP contribution in [0.2, 0.25) is 0 Å². The Hall–Kier alpha value is -4.47. The van der Waals surface area contributed by atoms with Gasteiger partial charge in [0.25, 0.3) is 0 Å². The zero-order valence-corrected chi connectivity index (χ0v) is 30.6. The third-order valence-electron chi connectivity index (χ3n) is 9.09. The van der Waals surface area contributed by atoms with Crippen LogP contribution in [0.5, 0.6) is 11.5 Å². The molecule has 6 heteroatoms. The SMILES string of the molecule is CCC(C)c1cc(Oc2[c-]c3c(cc2)c2ccccc2n3-c2cc(CC(C)C)ccn2)[c-]c(-n2cc(-c3c(C)cccc3C)cn2)c1.[Pt+2]. The van der Waals surface area contributed by atoms with Crippen LogP contribution in [-0.2, 0) is 27.5 Å². The van der Waals surface area contributed by atoms with Crippen LogP contribution in [0.3, 0.4) is 0 Å². The Kier molecular flexibility index (Phi) is 9.71. The van der Waals surface area contributed by atoms with Crippen molar-refractivity contribution >= 4 is 21.8 Å². The number of hydrogen-bond donors (Lipinski definition) is 0. The van der Waals surface area contributed by atoms with E-state index in [1.807, 2.05) is 23.1 Å². The van der Waals surface area contributed by atoms with Crippen molar-refractivity contribution in [3.05, 3.63) is 132 Å². The summed E-state index contributed by atoms with van der Waals surface area (Å²) in [6, 6.07) is 34.7. The Bertz CT molecular complexity index is 2210. The smallest absolute Gasteiger partial charge is 0.509 e. The molecule has 0 fully saturated rings. The van der Waals surface area contributed by atoms with E-state index in [1.54, 1.807) is 0 Å². The molecule has 1 unspecified atom stereocenters. The van der Waals surface area contributed by atoms with Gasteiger partial charge in [0.05, 0.1) is 6.20 Å². The molecule has 3 heterocycles. The average molecular weight is 812 g/mol. The van der Waals surface area contributed by atoms with Crippen LogP contribution in [-0.4, -0.2) is 19.3 Å². The summed E-state index contributed by atoms with van der Waals surface area (Å²) < 4.78 is 10.7. The van der Waals surface area contributed by atoms with Gasteiger partial charge in [0, 0.05) is 35.0 Å². The standard InChI is InChI=1S/C42H40N4O.Pt/c1-7-28(4)32-21-34(45-26-33(25-44-45)42-29(5)11-10-12-30(42)6)23-36(22-32)47-35-15-16-38-37-13-8-9-14-39(37)46(40(38)24-35)41-20-31(17-18-43-41)19-27(2)3;/h8-18,20-22,25-28H,7,19H2,1-6H3;/q-2;+2. The van der Waals surface area contributed by atoms with Crippen molar-refractivity contribution in [1.82, 2.24) is 19.3 Å².